The Labute approximate surface area is 234 Å². The number of rotatable bonds is 16. The van der Waals surface area contributed by atoms with Crippen molar-refractivity contribution in [1.29, 1.82) is 0 Å². The first-order chi connectivity index (χ1) is 18.5. The zero-order valence-corrected chi connectivity index (χ0v) is 24.8. The minimum Gasteiger partial charge on any atom is -0.480 e. The SMILES string of the molecule is CC[C@H](C)[C@@H]([C@@H](CC(=O)N1CCC[C@H]1[C@H](OC)[C@@H](C)C(=O)N[C@@H](CCc1ccccc1)C(=O)O)OC)N(C)C. The number of aryl methyl sites for hydroxylation is 1. The van der Waals surface area contributed by atoms with Crippen molar-refractivity contribution in [3.05, 3.63) is 35.9 Å². The summed E-state index contributed by atoms with van der Waals surface area (Å²) in [5.74, 6) is -1.76. The molecule has 220 valence electrons. The second-order valence-electron chi connectivity index (χ2n) is 11.0. The number of aliphatic carboxylic acids is 1. The van der Waals surface area contributed by atoms with E-state index in [-0.39, 0.29) is 42.8 Å². The molecule has 1 saturated heterocycles. The van der Waals surface area contributed by atoms with Gasteiger partial charge in [0.1, 0.15) is 6.04 Å². The van der Waals surface area contributed by atoms with Crippen LogP contribution in [0.2, 0.25) is 0 Å². The molecule has 9 nitrogen and oxygen atoms in total. The maximum Gasteiger partial charge on any atom is 0.326 e. The molecule has 1 fully saturated rings. The molecular formula is C30H49N3O6. The van der Waals surface area contributed by atoms with Gasteiger partial charge in [0, 0.05) is 26.8 Å². The Morgan fingerprint density at radius 2 is 1.79 bits per heavy atom. The maximum absolute atomic E-state index is 13.6. The van der Waals surface area contributed by atoms with E-state index < -0.39 is 24.0 Å². The van der Waals surface area contributed by atoms with E-state index in [2.05, 4.69) is 24.1 Å². The van der Waals surface area contributed by atoms with Crippen LogP contribution >= 0.6 is 0 Å². The molecule has 2 amide bonds. The molecule has 0 aromatic heterocycles. The highest BCUT2D eigenvalue weighted by Gasteiger charge is 2.41. The van der Waals surface area contributed by atoms with Gasteiger partial charge in [-0.05, 0) is 51.3 Å². The maximum atomic E-state index is 13.6. The summed E-state index contributed by atoms with van der Waals surface area (Å²) in [6.07, 6.45) is 2.77. The number of nitrogens with zero attached hydrogens (tertiary/aromatic N) is 2. The molecule has 2 N–H and O–H groups in total. The number of likely N-dealkylation sites (tertiary alicyclic amines) is 1. The zero-order valence-electron chi connectivity index (χ0n) is 24.8. The van der Waals surface area contributed by atoms with Crippen LogP contribution in [0.25, 0.3) is 0 Å². The third-order valence-electron chi connectivity index (χ3n) is 8.24. The molecule has 0 radical (unpaired) electrons. The number of nitrogens with one attached hydrogen (secondary N) is 1. The van der Waals surface area contributed by atoms with E-state index in [4.69, 9.17) is 9.47 Å². The lowest BCUT2D eigenvalue weighted by molar-refractivity contribution is -0.145. The first-order valence-electron chi connectivity index (χ1n) is 14.1. The van der Waals surface area contributed by atoms with Gasteiger partial charge in [0.05, 0.1) is 30.6 Å². The molecule has 1 aliphatic rings. The number of carbonyl (C=O) groups is 3. The molecule has 2 rings (SSSR count). The average Bonchev–Trinajstić information content (AvgIpc) is 3.40. The Kier molecular flexibility index (Phi) is 13.4. The summed E-state index contributed by atoms with van der Waals surface area (Å²) in [4.78, 5) is 42.6. The fraction of sp³-hybridized carbons (Fsp3) is 0.700. The van der Waals surface area contributed by atoms with Crippen LogP contribution in [0.15, 0.2) is 30.3 Å². The molecule has 0 unspecified atom stereocenters. The Morgan fingerprint density at radius 3 is 2.33 bits per heavy atom. The second kappa shape index (κ2) is 15.9. The first-order valence-corrected chi connectivity index (χ1v) is 14.1. The molecule has 0 spiro atoms. The quantitative estimate of drug-likeness (QED) is 0.327. The van der Waals surface area contributed by atoms with Crippen molar-refractivity contribution in [3.8, 4) is 0 Å². The highest BCUT2D eigenvalue weighted by atomic mass is 16.5. The van der Waals surface area contributed by atoms with Crippen molar-refractivity contribution in [2.24, 2.45) is 11.8 Å². The van der Waals surface area contributed by atoms with Crippen LogP contribution in [0.4, 0.5) is 0 Å². The summed E-state index contributed by atoms with van der Waals surface area (Å²) in [6.45, 7) is 6.65. The predicted molar refractivity (Wildman–Crippen MR) is 151 cm³/mol. The molecule has 0 bridgehead atoms. The molecule has 0 saturated carbocycles. The number of hydrogen-bond donors (Lipinski definition) is 2. The monoisotopic (exact) mass is 547 g/mol. The van der Waals surface area contributed by atoms with E-state index in [1.165, 1.54) is 0 Å². The standard InChI is InChI=1S/C30H49N3O6/c1-8-20(2)27(32(4)5)25(38-6)19-26(34)33-18-12-15-24(33)28(39-7)21(3)29(35)31-23(30(36)37)17-16-22-13-10-9-11-14-22/h9-11,13-14,20-21,23-25,27-28H,8,12,15-19H2,1-7H3,(H,31,35)(H,36,37)/t20-,21+,23-,24-,25+,27-,28+/m0/s1. The summed E-state index contributed by atoms with van der Waals surface area (Å²) in [7, 11) is 7.22. The van der Waals surface area contributed by atoms with Crippen molar-refractivity contribution in [1.82, 2.24) is 15.1 Å². The molecule has 1 aliphatic heterocycles. The fourth-order valence-corrected chi connectivity index (χ4v) is 5.89. The lowest BCUT2D eigenvalue weighted by Crippen LogP contribution is -2.53. The smallest absolute Gasteiger partial charge is 0.326 e. The summed E-state index contributed by atoms with van der Waals surface area (Å²) in [6, 6.07) is 8.41. The summed E-state index contributed by atoms with van der Waals surface area (Å²) >= 11 is 0. The molecule has 0 aliphatic carbocycles. The van der Waals surface area contributed by atoms with Gasteiger partial charge in [0.25, 0.3) is 0 Å². The van der Waals surface area contributed by atoms with Crippen LogP contribution in [0.5, 0.6) is 0 Å². The largest absolute Gasteiger partial charge is 0.480 e. The fourth-order valence-electron chi connectivity index (χ4n) is 5.89. The third-order valence-corrected chi connectivity index (χ3v) is 8.24. The summed E-state index contributed by atoms with van der Waals surface area (Å²) < 4.78 is 11.6. The van der Waals surface area contributed by atoms with E-state index in [9.17, 15) is 19.5 Å². The molecule has 7 atom stereocenters. The average molecular weight is 548 g/mol. The zero-order chi connectivity index (χ0) is 29.1. The molecule has 1 aromatic rings. The van der Waals surface area contributed by atoms with Gasteiger partial charge in [-0.25, -0.2) is 4.79 Å². The Balaban J connectivity index is 2.09. The lowest BCUT2D eigenvalue weighted by atomic mass is 9.90. The Bertz CT molecular complexity index is 911. The van der Waals surface area contributed by atoms with Crippen molar-refractivity contribution >= 4 is 17.8 Å². The van der Waals surface area contributed by atoms with Gasteiger partial charge in [-0.2, -0.15) is 0 Å². The van der Waals surface area contributed by atoms with E-state index >= 15 is 0 Å². The van der Waals surface area contributed by atoms with Crippen LogP contribution in [0.1, 0.15) is 58.4 Å². The minimum atomic E-state index is -1.07. The number of benzene rings is 1. The number of amides is 2. The van der Waals surface area contributed by atoms with Gasteiger partial charge in [0.2, 0.25) is 11.8 Å². The van der Waals surface area contributed by atoms with Gasteiger partial charge < -0.3 is 29.7 Å². The molecule has 1 heterocycles. The Morgan fingerprint density at radius 1 is 1.13 bits per heavy atom. The molecular weight excluding hydrogens is 498 g/mol. The van der Waals surface area contributed by atoms with Gasteiger partial charge in [0.15, 0.2) is 0 Å². The van der Waals surface area contributed by atoms with Crippen molar-refractivity contribution in [3.63, 3.8) is 0 Å². The van der Waals surface area contributed by atoms with Gasteiger partial charge in [-0.3, -0.25) is 9.59 Å². The minimum absolute atomic E-state index is 0.0135. The van der Waals surface area contributed by atoms with E-state index in [0.29, 0.717) is 18.9 Å². The highest BCUT2D eigenvalue weighted by Crippen LogP contribution is 2.29. The number of ether oxygens (including phenoxy) is 2. The summed E-state index contributed by atoms with van der Waals surface area (Å²) in [5.41, 5.74) is 1.01. The first kappa shape index (κ1) is 32.7. The normalized spacial score (nSPS) is 20.2. The number of carbonyl (C=O) groups excluding carboxylic acids is 2. The number of likely N-dealkylation sites (N-methyl/N-ethyl adjacent to an activating group) is 1. The van der Waals surface area contributed by atoms with E-state index in [1.807, 2.05) is 49.3 Å². The van der Waals surface area contributed by atoms with Crippen LogP contribution in [0, 0.1) is 11.8 Å². The van der Waals surface area contributed by atoms with Crippen LogP contribution < -0.4 is 5.32 Å². The number of carboxylic acid groups (broad SMARTS) is 1. The third kappa shape index (κ3) is 9.01. The Hall–Kier alpha value is -2.49. The predicted octanol–water partition coefficient (Wildman–Crippen LogP) is 3.21. The highest BCUT2D eigenvalue weighted by molar-refractivity contribution is 5.85. The van der Waals surface area contributed by atoms with Gasteiger partial charge >= 0.3 is 5.97 Å². The van der Waals surface area contributed by atoms with Crippen LogP contribution in [-0.2, 0) is 30.3 Å². The van der Waals surface area contributed by atoms with E-state index in [0.717, 1.165) is 24.8 Å². The number of methoxy groups -OCH3 is 2. The summed E-state index contributed by atoms with van der Waals surface area (Å²) in [5, 5.41) is 12.4. The van der Waals surface area contributed by atoms with Crippen molar-refractivity contribution in [2.75, 3.05) is 34.9 Å². The second-order valence-corrected chi connectivity index (χ2v) is 11.0. The van der Waals surface area contributed by atoms with Gasteiger partial charge in [-0.1, -0.05) is 57.5 Å². The lowest BCUT2D eigenvalue weighted by Gasteiger charge is -2.38. The van der Waals surface area contributed by atoms with E-state index in [1.54, 1.807) is 21.1 Å². The van der Waals surface area contributed by atoms with Crippen molar-refractivity contribution < 1.29 is 29.0 Å². The van der Waals surface area contributed by atoms with Crippen LogP contribution in [0.3, 0.4) is 0 Å². The topological polar surface area (TPSA) is 108 Å². The molecule has 39 heavy (non-hydrogen) atoms. The number of hydrogen-bond acceptors (Lipinski definition) is 6. The van der Waals surface area contributed by atoms with Gasteiger partial charge in [-0.15, -0.1) is 0 Å². The number of carboxylic acids is 1. The molecule has 1 aromatic carbocycles. The van der Waals surface area contributed by atoms with Crippen molar-refractivity contribution in [2.45, 2.75) is 89.6 Å². The van der Waals surface area contributed by atoms with Crippen LogP contribution in [-0.4, -0.2) is 97.9 Å². The molecule has 9 heteroatoms.